The van der Waals surface area contributed by atoms with Crippen molar-refractivity contribution >= 4 is 5.69 Å². The number of nitrogens with one attached hydrogen (secondary N) is 2. The predicted molar refractivity (Wildman–Crippen MR) is 80.3 cm³/mol. The number of aryl methyl sites for hydroxylation is 1. The van der Waals surface area contributed by atoms with Gasteiger partial charge in [-0.2, -0.15) is 5.10 Å². The zero-order valence-corrected chi connectivity index (χ0v) is 11.6. The molecule has 106 valence electrons. The van der Waals surface area contributed by atoms with Crippen molar-refractivity contribution in [1.82, 2.24) is 15.2 Å². The van der Waals surface area contributed by atoms with Crippen molar-refractivity contribution in [2.75, 3.05) is 5.32 Å². The highest BCUT2D eigenvalue weighted by Crippen LogP contribution is 2.25. The van der Waals surface area contributed by atoms with Gasteiger partial charge in [0.05, 0.1) is 0 Å². The molecule has 0 aliphatic rings. The molecule has 2 N–H and O–H groups in total. The maximum Gasteiger partial charge on any atom is 0.183 e. The van der Waals surface area contributed by atoms with Gasteiger partial charge in [0.25, 0.3) is 0 Å². The van der Waals surface area contributed by atoms with Crippen molar-refractivity contribution in [2.24, 2.45) is 0 Å². The van der Waals surface area contributed by atoms with Gasteiger partial charge >= 0.3 is 0 Å². The average molecular weight is 282 g/mol. The predicted octanol–water partition coefficient (Wildman–Crippen LogP) is 3.53. The monoisotopic (exact) mass is 282 g/mol. The molecule has 0 aliphatic carbocycles. The highest BCUT2D eigenvalue weighted by atomic mass is 19.1. The van der Waals surface area contributed by atoms with E-state index < -0.39 is 0 Å². The van der Waals surface area contributed by atoms with Crippen LogP contribution in [-0.4, -0.2) is 15.2 Å². The summed E-state index contributed by atoms with van der Waals surface area (Å²) < 4.78 is 13.6. The van der Waals surface area contributed by atoms with Crippen LogP contribution >= 0.6 is 0 Å². The van der Waals surface area contributed by atoms with Gasteiger partial charge in [0.1, 0.15) is 11.6 Å². The third kappa shape index (κ3) is 2.91. The lowest BCUT2D eigenvalue weighted by atomic mass is 10.1. The molecule has 0 saturated carbocycles. The number of hydrogen-bond donors (Lipinski definition) is 2. The summed E-state index contributed by atoms with van der Waals surface area (Å²) in [6.45, 7) is 2.26. The standard InChI is InChI=1S/C16H15FN4/c1-11-19-16(21-20-11)13-7-3-5-9-15(13)18-10-12-6-2-4-8-14(12)17/h2-9,18H,10H2,1H3,(H,19,20,21). The average Bonchev–Trinajstić information content (AvgIpc) is 2.93. The zero-order chi connectivity index (χ0) is 14.7. The van der Waals surface area contributed by atoms with Crippen molar-refractivity contribution < 1.29 is 4.39 Å². The van der Waals surface area contributed by atoms with Crippen molar-refractivity contribution in [3.05, 3.63) is 65.7 Å². The summed E-state index contributed by atoms with van der Waals surface area (Å²) in [6, 6.07) is 14.5. The van der Waals surface area contributed by atoms with Crippen LogP contribution < -0.4 is 5.32 Å². The quantitative estimate of drug-likeness (QED) is 0.769. The Morgan fingerprint density at radius 1 is 1.10 bits per heavy atom. The molecule has 4 nitrogen and oxygen atoms in total. The molecule has 0 amide bonds. The Hall–Kier alpha value is -2.69. The maximum absolute atomic E-state index is 13.6. The van der Waals surface area contributed by atoms with Gasteiger partial charge in [0.15, 0.2) is 5.82 Å². The zero-order valence-electron chi connectivity index (χ0n) is 11.6. The van der Waals surface area contributed by atoms with Crippen LogP contribution in [0, 0.1) is 12.7 Å². The van der Waals surface area contributed by atoms with Crippen molar-refractivity contribution in [2.45, 2.75) is 13.5 Å². The van der Waals surface area contributed by atoms with Gasteiger partial charge in [-0.05, 0) is 25.1 Å². The number of halogens is 1. The summed E-state index contributed by atoms with van der Waals surface area (Å²) in [5.41, 5.74) is 2.39. The summed E-state index contributed by atoms with van der Waals surface area (Å²) >= 11 is 0. The minimum atomic E-state index is -0.212. The molecule has 0 aliphatic heterocycles. The lowest BCUT2D eigenvalue weighted by molar-refractivity contribution is 0.613. The van der Waals surface area contributed by atoms with E-state index in [2.05, 4.69) is 20.5 Å². The first kappa shape index (κ1) is 13.3. The molecule has 1 heterocycles. The molecular formula is C16H15FN4. The largest absolute Gasteiger partial charge is 0.380 e. The number of nitrogens with zero attached hydrogens (tertiary/aromatic N) is 2. The Balaban J connectivity index is 1.85. The molecule has 0 fully saturated rings. The van der Waals surface area contributed by atoms with Crippen LogP contribution in [0.2, 0.25) is 0 Å². The second kappa shape index (κ2) is 5.75. The molecule has 3 rings (SSSR count). The van der Waals surface area contributed by atoms with E-state index in [9.17, 15) is 4.39 Å². The fourth-order valence-corrected chi connectivity index (χ4v) is 2.13. The minimum absolute atomic E-state index is 0.212. The number of anilines is 1. The molecule has 0 atom stereocenters. The van der Waals surface area contributed by atoms with Crippen LogP contribution in [0.4, 0.5) is 10.1 Å². The first-order chi connectivity index (χ1) is 10.2. The molecule has 3 aromatic rings. The van der Waals surface area contributed by atoms with Gasteiger partial charge in [0, 0.05) is 23.4 Å². The molecule has 0 radical (unpaired) electrons. The summed E-state index contributed by atoms with van der Waals surface area (Å²) in [6.07, 6.45) is 0. The number of hydrogen-bond acceptors (Lipinski definition) is 3. The minimum Gasteiger partial charge on any atom is -0.380 e. The van der Waals surface area contributed by atoms with E-state index in [-0.39, 0.29) is 5.82 Å². The second-order valence-corrected chi connectivity index (χ2v) is 4.73. The molecule has 0 bridgehead atoms. The van der Waals surface area contributed by atoms with Gasteiger partial charge in [-0.25, -0.2) is 9.37 Å². The molecular weight excluding hydrogens is 267 g/mol. The summed E-state index contributed by atoms with van der Waals surface area (Å²) in [4.78, 5) is 4.33. The Morgan fingerprint density at radius 2 is 1.86 bits per heavy atom. The number of para-hydroxylation sites is 1. The first-order valence-electron chi connectivity index (χ1n) is 6.70. The molecule has 21 heavy (non-hydrogen) atoms. The summed E-state index contributed by atoms with van der Waals surface area (Å²) in [5.74, 6) is 1.18. The topological polar surface area (TPSA) is 53.6 Å². The fourth-order valence-electron chi connectivity index (χ4n) is 2.13. The summed E-state index contributed by atoms with van der Waals surface area (Å²) in [7, 11) is 0. The van der Waals surface area contributed by atoms with E-state index in [0.29, 0.717) is 17.9 Å². The third-order valence-electron chi connectivity index (χ3n) is 3.19. The van der Waals surface area contributed by atoms with Crippen LogP contribution in [0.3, 0.4) is 0 Å². The van der Waals surface area contributed by atoms with Crippen LogP contribution in [0.5, 0.6) is 0 Å². The highest BCUT2D eigenvalue weighted by Gasteiger charge is 2.09. The number of rotatable bonds is 4. The summed E-state index contributed by atoms with van der Waals surface area (Å²) in [5, 5.41) is 10.2. The Labute approximate surface area is 122 Å². The smallest absolute Gasteiger partial charge is 0.183 e. The van der Waals surface area contributed by atoms with Gasteiger partial charge < -0.3 is 5.32 Å². The van der Waals surface area contributed by atoms with E-state index >= 15 is 0 Å². The van der Waals surface area contributed by atoms with Gasteiger partial charge in [-0.1, -0.05) is 30.3 Å². The Morgan fingerprint density at radius 3 is 2.62 bits per heavy atom. The van der Waals surface area contributed by atoms with E-state index in [1.807, 2.05) is 37.3 Å². The lowest BCUT2D eigenvalue weighted by Crippen LogP contribution is -2.03. The van der Waals surface area contributed by atoms with Gasteiger partial charge in [-0.15, -0.1) is 0 Å². The number of benzene rings is 2. The van der Waals surface area contributed by atoms with E-state index in [4.69, 9.17) is 0 Å². The van der Waals surface area contributed by atoms with Crippen molar-refractivity contribution in [1.29, 1.82) is 0 Å². The number of H-pyrrole nitrogens is 1. The normalized spacial score (nSPS) is 10.6. The van der Waals surface area contributed by atoms with Crippen molar-refractivity contribution in [3.8, 4) is 11.4 Å². The van der Waals surface area contributed by atoms with Gasteiger partial charge in [-0.3, -0.25) is 5.10 Å². The lowest BCUT2D eigenvalue weighted by Gasteiger charge is -2.10. The third-order valence-corrected chi connectivity index (χ3v) is 3.19. The SMILES string of the molecule is Cc1nc(-c2ccccc2NCc2ccccc2F)n[nH]1. The second-order valence-electron chi connectivity index (χ2n) is 4.73. The highest BCUT2D eigenvalue weighted by molar-refractivity contribution is 5.73. The Kier molecular flexibility index (Phi) is 3.64. The fraction of sp³-hybridized carbons (Fsp3) is 0.125. The number of aromatic nitrogens is 3. The Bertz CT molecular complexity index is 751. The van der Waals surface area contributed by atoms with Crippen LogP contribution in [0.25, 0.3) is 11.4 Å². The van der Waals surface area contributed by atoms with Crippen LogP contribution in [-0.2, 0) is 6.54 Å². The maximum atomic E-state index is 13.6. The molecule has 0 saturated heterocycles. The molecule has 1 aromatic heterocycles. The number of aromatic amines is 1. The van der Waals surface area contributed by atoms with E-state index in [1.54, 1.807) is 12.1 Å². The molecule has 2 aromatic carbocycles. The van der Waals surface area contributed by atoms with Gasteiger partial charge in [0.2, 0.25) is 0 Å². The van der Waals surface area contributed by atoms with E-state index in [0.717, 1.165) is 17.1 Å². The first-order valence-corrected chi connectivity index (χ1v) is 6.70. The van der Waals surface area contributed by atoms with Crippen LogP contribution in [0.1, 0.15) is 11.4 Å². The van der Waals surface area contributed by atoms with Crippen molar-refractivity contribution in [3.63, 3.8) is 0 Å². The molecule has 0 unspecified atom stereocenters. The molecule has 0 spiro atoms. The molecule has 5 heteroatoms. The van der Waals surface area contributed by atoms with E-state index in [1.165, 1.54) is 6.07 Å². The van der Waals surface area contributed by atoms with Crippen LogP contribution in [0.15, 0.2) is 48.5 Å².